The van der Waals surface area contributed by atoms with Crippen LogP contribution in [0.5, 0.6) is 0 Å². The molecular weight excluding hydrogens is 244 g/mol. The fourth-order valence-corrected chi connectivity index (χ4v) is 5.05. The molecule has 1 unspecified atom stereocenters. The normalized spacial score (nSPS) is 36.2. The summed E-state index contributed by atoms with van der Waals surface area (Å²) in [6, 6.07) is 0. The zero-order valence-electron chi connectivity index (χ0n) is 13.5. The summed E-state index contributed by atoms with van der Waals surface area (Å²) in [5.74, 6) is 1.43. The van der Waals surface area contributed by atoms with Crippen LogP contribution in [0.3, 0.4) is 0 Å². The van der Waals surface area contributed by atoms with Crippen LogP contribution in [-0.2, 0) is 4.79 Å². The summed E-state index contributed by atoms with van der Waals surface area (Å²) < 4.78 is 0. The number of hydrogen-bond acceptors (Lipinski definition) is 1. The molecule has 2 fully saturated rings. The van der Waals surface area contributed by atoms with Gasteiger partial charge < -0.3 is 0 Å². The van der Waals surface area contributed by atoms with Gasteiger partial charge in [-0.3, -0.25) is 4.79 Å². The number of carbonyl (C=O) groups is 1. The van der Waals surface area contributed by atoms with E-state index in [2.05, 4.69) is 33.9 Å². The van der Waals surface area contributed by atoms with Crippen LogP contribution in [0.1, 0.15) is 65.7 Å². The van der Waals surface area contributed by atoms with Gasteiger partial charge in [0.05, 0.1) is 0 Å². The molecule has 0 spiro atoms. The second kappa shape index (κ2) is 5.50. The van der Waals surface area contributed by atoms with Crippen LogP contribution in [0, 0.1) is 22.7 Å². The number of carbonyl (C=O) groups excluding carboxylic acids is 1. The quantitative estimate of drug-likeness (QED) is 0.634. The van der Waals surface area contributed by atoms with Crippen LogP contribution in [0.2, 0.25) is 0 Å². The van der Waals surface area contributed by atoms with Crippen LogP contribution in [0.15, 0.2) is 24.8 Å². The monoisotopic (exact) mass is 274 g/mol. The predicted octanol–water partition coefficient (Wildman–Crippen LogP) is 5.32. The van der Waals surface area contributed by atoms with Crippen molar-refractivity contribution in [2.45, 2.75) is 65.7 Å². The minimum atomic E-state index is 0.207. The van der Waals surface area contributed by atoms with E-state index in [4.69, 9.17) is 0 Å². The standard InChI is InChI=1S/C19H30O/c1-6-14(2)8-9-15-16(20)10-11-17-18(3,4)12-7-13-19(15,17)5/h6,15,17H,1-2,7-13H2,3-5H3/t15-,17?,19+/m0/s1. The van der Waals surface area contributed by atoms with Gasteiger partial charge in [-0.15, -0.1) is 0 Å². The molecule has 0 heterocycles. The Morgan fingerprint density at radius 1 is 1.35 bits per heavy atom. The molecule has 2 saturated carbocycles. The van der Waals surface area contributed by atoms with E-state index < -0.39 is 0 Å². The first-order valence-corrected chi connectivity index (χ1v) is 8.14. The van der Waals surface area contributed by atoms with Gasteiger partial charge in [-0.2, -0.15) is 0 Å². The third-order valence-corrected chi connectivity index (χ3v) is 6.18. The fourth-order valence-electron chi connectivity index (χ4n) is 5.05. The Hall–Kier alpha value is -0.850. The minimum absolute atomic E-state index is 0.207. The highest BCUT2D eigenvalue weighted by atomic mass is 16.1. The average Bonchev–Trinajstić information content (AvgIpc) is 2.36. The van der Waals surface area contributed by atoms with E-state index >= 15 is 0 Å². The van der Waals surface area contributed by atoms with Crippen molar-refractivity contribution in [3.8, 4) is 0 Å². The molecule has 0 saturated heterocycles. The molecule has 0 radical (unpaired) electrons. The Bertz CT molecular complexity index is 417. The Kier molecular flexibility index (Phi) is 4.27. The smallest absolute Gasteiger partial charge is 0.136 e. The Balaban J connectivity index is 2.22. The third-order valence-electron chi connectivity index (χ3n) is 6.18. The van der Waals surface area contributed by atoms with Crippen molar-refractivity contribution in [2.24, 2.45) is 22.7 Å². The van der Waals surface area contributed by atoms with Crippen LogP contribution < -0.4 is 0 Å². The second-order valence-electron chi connectivity index (χ2n) is 7.86. The lowest BCUT2D eigenvalue weighted by Gasteiger charge is -2.56. The van der Waals surface area contributed by atoms with Crippen LogP contribution in [0.25, 0.3) is 0 Å². The van der Waals surface area contributed by atoms with Crippen LogP contribution in [-0.4, -0.2) is 5.78 Å². The maximum absolute atomic E-state index is 12.5. The van der Waals surface area contributed by atoms with E-state index in [0.717, 1.165) is 31.3 Å². The molecule has 1 nitrogen and oxygen atoms in total. The number of Topliss-reactive ketones (excluding diaryl/α,β-unsaturated/α-hetero) is 1. The first-order chi connectivity index (χ1) is 9.31. The predicted molar refractivity (Wildman–Crippen MR) is 85.5 cm³/mol. The molecule has 0 aliphatic heterocycles. The van der Waals surface area contributed by atoms with Crippen LogP contribution >= 0.6 is 0 Å². The van der Waals surface area contributed by atoms with Gasteiger partial charge in [-0.1, -0.05) is 52.0 Å². The summed E-state index contributed by atoms with van der Waals surface area (Å²) in [7, 11) is 0. The summed E-state index contributed by atoms with van der Waals surface area (Å²) in [6.07, 6.45) is 9.40. The molecule has 0 bridgehead atoms. The van der Waals surface area contributed by atoms with Crippen molar-refractivity contribution in [1.82, 2.24) is 0 Å². The SMILES string of the molecule is C=CC(=C)CC[C@H]1C(=O)CCC2C(C)(C)CCC[C@@]21C. The highest BCUT2D eigenvalue weighted by Crippen LogP contribution is 2.59. The molecule has 2 aliphatic carbocycles. The fraction of sp³-hybridized carbons (Fsp3) is 0.737. The molecule has 2 aliphatic rings. The lowest BCUT2D eigenvalue weighted by Crippen LogP contribution is -2.51. The molecule has 112 valence electrons. The molecule has 0 amide bonds. The van der Waals surface area contributed by atoms with E-state index in [9.17, 15) is 4.79 Å². The van der Waals surface area contributed by atoms with E-state index in [1.807, 2.05) is 6.08 Å². The first kappa shape index (κ1) is 15.5. The molecule has 0 aromatic heterocycles. The molecule has 0 aromatic rings. The van der Waals surface area contributed by atoms with E-state index in [1.165, 1.54) is 19.3 Å². The van der Waals surface area contributed by atoms with Gasteiger partial charge >= 0.3 is 0 Å². The van der Waals surface area contributed by atoms with Gasteiger partial charge in [-0.25, -0.2) is 0 Å². The van der Waals surface area contributed by atoms with Crippen molar-refractivity contribution >= 4 is 5.78 Å². The Morgan fingerprint density at radius 2 is 2.05 bits per heavy atom. The van der Waals surface area contributed by atoms with Gasteiger partial charge in [0, 0.05) is 12.3 Å². The number of rotatable bonds is 4. The highest BCUT2D eigenvalue weighted by Gasteiger charge is 2.54. The molecule has 1 heteroatoms. The van der Waals surface area contributed by atoms with Gasteiger partial charge in [0.25, 0.3) is 0 Å². The number of allylic oxidation sites excluding steroid dienone is 2. The Labute approximate surface area is 124 Å². The molecule has 0 N–H and O–H groups in total. The molecule has 3 atom stereocenters. The lowest BCUT2D eigenvalue weighted by molar-refractivity contribution is -0.143. The van der Waals surface area contributed by atoms with Crippen molar-refractivity contribution in [3.63, 3.8) is 0 Å². The summed E-state index contributed by atoms with van der Waals surface area (Å²) in [6.45, 7) is 15.0. The van der Waals surface area contributed by atoms with Gasteiger partial charge in [0.15, 0.2) is 0 Å². The van der Waals surface area contributed by atoms with Gasteiger partial charge in [0.2, 0.25) is 0 Å². The molecule has 2 rings (SSSR count). The number of ketones is 1. The highest BCUT2D eigenvalue weighted by molar-refractivity contribution is 5.82. The summed E-state index contributed by atoms with van der Waals surface area (Å²) in [5.41, 5.74) is 1.67. The first-order valence-electron chi connectivity index (χ1n) is 8.14. The van der Waals surface area contributed by atoms with Crippen LogP contribution in [0.4, 0.5) is 0 Å². The van der Waals surface area contributed by atoms with E-state index in [-0.39, 0.29) is 11.3 Å². The zero-order chi connectivity index (χ0) is 15.0. The summed E-state index contributed by atoms with van der Waals surface area (Å²) in [4.78, 5) is 12.5. The number of fused-ring (bicyclic) bond motifs is 1. The largest absolute Gasteiger partial charge is 0.299 e. The van der Waals surface area contributed by atoms with Crippen molar-refractivity contribution in [1.29, 1.82) is 0 Å². The molecule has 0 aromatic carbocycles. The van der Waals surface area contributed by atoms with Crippen molar-refractivity contribution in [3.05, 3.63) is 24.8 Å². The Morgan fingerprint density at radius 3 is 2.70 bits per heavy atom. The average molecular weight is 274 g/mol. The second-order valence-corrected chi connectivity index (χ2v) is 7.86. The van der Waals surface area contributed by atoms with E-state index in [0.29, 0.717) is 17.1 Å². The van der Waals surface area contributed by atoms with E-state index in [1.54, 1.807) is 0 Å². The maximum atomic E-state index is 12.5. The lowest BCUT2D eigenvalue weighted by atomic mass is 9.47. The number of hydrogen-bond donors (Lipinski definition) is 0. The minimum Gasteiger partial charge on any atom is -0.299 e. The topological polar surface area (TPSA) is 17.1 Å². The third kappa shape index (κ3) is 2.64. The van der Waals surface area contributed by atoms with Gasteiger partial charge in [0.1, 0.15) is 5.78 Å². The molecule has 20 heavy (non-hydrogen) atoms. The molecular formula is C19H30O. The maximum Gasteiger partial charge on any atom is 0.136 e. The van der Waals surface area contributed by atoms with Crippen molar-refractivity contribution < 1.29 is 4.79 Å². The van der Waals surface area contributed by atoms with Crippen molar-refractivity contribution in [2.75, 3.05) is 0 Å². The summed E-state index contributed by atoms with van der Waals surface area (Å²) in [5, 5.41) is 0. The summed E-state index contributed by atoms with van der Waals surface area (Å²) >= 11 is 0. The zero-order valence-corrected chi connectivity index (χ0v) is 13.5. The van der Waals surface area contributed by atoms with Gasteiger partial charge in [-0.05, 0) is 48.9 Å².